The highest BCUT2D eigenvalue weighted by Crippen LogP contribution is 2.19. The van der Waals surface area contributed by atoms with Crippen LogP contribution in [0.3, 0.4) is 0 Å². The Balaban J connectivity index is 1.93. The minimum atomic E-state index is -0.651. The van der Waals surface area contributed by atoms with Crippen molar-refractivity contribution >= 4 is 17.6 Å². The van der Waals surface area contributed by atoms with Crippen molar-refractivity contribution in [2.45, 2.75) is 26.7 Å². The molecule has 1 aliphatic rings. The number of ether oxygens (including phenoxy) is 1. The number of aryl methyl sites for hydroxylation is 1. The summed E-state index contributed by atoms with van der Waals surface area (Å²) in [5, 5.41) is 10.8. The van der Waals surface area contributed by atoms with Crippen LogP contribution >= 0.6 is 0 Å². The van der Waals surface area contributed by atoms with Crippen LogP contribution in [-0.4, -0.2) is 41.4 Å². The van der Waals surface area contributed by atoms with Gasteiger partial charge in [0.2, 0.25) is 0 Å². The summed E-state index contributed by atoms with van der Waals surface area (Å²) < 4.78 is 5.03. The Morgan fingerprint density at radius 3 is 2.78 bits per heavy atom. The van der Waals surface area contributed by atoms with Gasteiger partial charge in [0, 0.05) is 24.7 Å². The molecule has 2 rings (SSSR count). The molecule has 1 saturated heterocycles. The number of nitro groups is 1. The van der Waals surface area contributed by atoms with E-state index in [4.69, 9.17) is 4.74 Å². The third-order valence-corrected chi connectivity index (χ3v) is 3.97. The lowest BCUT2D eigenvalue weighted by molar-refractivity contribution is -0.385. The van der Waals surface area contributed by atoms with E-state index in [1.54, 1.807) is 11.8 Å². The van der Waals surface area contributed by atoms with Crippen LogP contribution in [0.2, 0.25) is 0 Å². The normalized spacial score (nSPS) is 17.7. The molecule has 0 aliphatic carbocycles. The maximum atomic E-state index is 12.0. The van der Waals surface area contributed by atoms with Gasteiger partial charge in [0.25, 0.3) is 11.6 Å². The van der Waals surface area contributed by atoms with E-state index in [1.165, 1.54) is 18.2 Å². The van der Waals surface area contributed by atoms with E-state index in [-0.39, 0.29) is 23.8 Å². The largest absolute Gasteiger partial charge is 0.452 e. The average Bonchev–Trinajstić information content (AvgIpc) is 2.51. The van der Waals surface area contributed by atoms with Crippen LogP contribution in [-0.2, 0) is 9.53 Å². The van der Waals surface area contributed by atoms with Crippen molar-refractivity contribution < 1.29 is 19.2 Å². The van der Waals surface area contributed by atoms with Gasteiger partial charge in [-0.15, -0.1) is 0 Å². The zero-order valence-electron chi connectivity index (χ0n) is 13.3. The average molecular weight is 320 g/mol. The molecule has 1 aromatic rings. The number of likely N-dealkylation sites (tertiary alicyclic amines) is 1. The molecule has 1 amide bonds. The molecule has 0 saturated carbocycles. The Morgan fingerprint density at radius 2 is 2.17 bits per heavy atom. The van der Waals surface area contributed by atoms with Gasteiger partial charge >= 0.3 is 5.97 Å². The molecule has 7 nitrogen and oxygen atoms in total. The van der Waals surface area contributed by atoms with E-state index in [2.05, 4.69) is 6.92 Å². The highest BCUT2D eigenvalue weighted by molar-refractivity contribution is 5.91. The first-order valence-electron chi connectivity index (χ1n) is 7.58. The number of piperidine rings is 1. The highest BCUT2D eigenvalue weighted by atomic mass is 16.6. The molecule has 1 aliphatic heterocycles. The molecule has 0 aromatic heterocycles. The van der Waals surface area contributed by atoms with Crippen molar-refractivity contribution in [3.63, 3.8) is 0 Å². The van der Waals surface area contributed by atoms with Crippen molar-refractivity contribution in [2.75, 3.05) is 19.7 Å². The van der Waals surface area contributed by atoms with Crippen LogP contribution < -0.4 is 0 Å². The lowest BCUT2D eigenvalue weighted by atomic mass is 10.0. The summed E-state index contributed by atoms with van der Waals surface area (Å²) in [6.07, 6.45) is 2.06. The molecular formula is C16H20N2O5. The van der Waals surface area contributed by atoms with Crippen LogP contribution in [0.1, 0.15) is 35.7 Å². The van der Waals surface area contributed by atoms with Gasteiger partial charge in [-0.25, -0.2) is 4.79 Å². The lowest BCUT2D eigenvalue weighted by Crippen LogP contribution is -2.41. The monoisotopic (exact) mass is 320 g/mol. The minimum Gasteiger partial charge on any atom is -0.452 e. The Kier molecular flexibility index (Phi) is 5.31. The van der Waals surface area contributed by atoms with Gasteiger partial charge in [0.05, 0.1) is 10.5 Å². The third kappa shape index (κ3) is 4.28. The Hall–Kier alpha value is -2.44. The number of hydrogen-bond acceptors (Lipinski definition) is 5. The summed E-state index contributed by atoms with van der Waals surface area (Å²) in [4.78, 5) is 36.0. The zero-order valence-corrected chi connectivity index (χ0v) is 13.3. The van der Waals surface area contributed by atoms with Crippen LogP contribution in [0.4, 0.5) is 5.69 Å². The van der Waals surface area contributed by atoms with Gasteiger partial charge < -0.3 is 9.64 Å². The molecule has 0 unspecified atom stereocenters. The Morgan fingerprint density at radius 1 is 1.43 bits per heavy atom. The number of carbonyl (C=O) groups excluding carboxylic acids is 2. The predicted octanol–water partition coefficient (Wildman–Crippen LogP) is 2.32. The number of esters is 1. The molecule has 1 fully saturated rings. The molecule has 124 valence electrons. The van der Waals surface area contributed by atoms with Crippen molar-refractivity contribution in [1.82, 2.24) is 4.90 Å². The number of rotatable bonds is 4. The quantitative estimate of drug-likeness (QED) is 0.482. The van der Waals surface area contributed by atoms with E-state index in [1.807, 2.05) is 0 Å². The molecule has 1 atom stereocenters. The maximum Gasteiger partial charge on any atom is 0.338 e. The van der Waals surface area contributed by atoms with Gasteiger partial charge in [0.1, 0.15) is 0 Å². The van der Waals surface area contributed by atoms with Crippen molar-refractivity contribution in [1.29, 1.82) is 0 Å². The fraction of sp³-hybridized carbons (Fsp3) is 0.500. The number of benzene rings is 1. The molecule has 0 radical (unpaired) electrons. The van der Waals surface area contributed by atoms with E-state index in [0.29, 0.717) is 24.6 Å². The summed E-state index contributed by atoms with van der Waals surface area (Å²) in [5.74, 6) is -0.398. The molecular weight excluding hydrogens is 300 g/mol. The summed E-state index contributed by atoms with van der Waals surface area (Å²) in [6.45, 7) is 4.71. The predicted molar refractivity (Wildman–Crippen MR) is 83.1 cm³/mol. The molecule has 0 N–H and O–H groups in total. The molecule has 23 heavy (non-hydrogen) atoms. The summed E-state index contributed by atoms with van der Waals surface area (Å²) >= 11 is 0. The molecule has 1 heterocycles. The topological polar surface area (TPSA) is 89.8 Å². The second kappa shape index (κ2) is 7.21. The van der Waals surface area contributed by atoms with Crippen molar-refractivity contribution in [2.24, 2.45) is 5.92 Å². The zero-order chi connectivity index (χ0) is 17.0. The Labute approximate surface area is 134 Å². The van der Waals surface area contributed by atoms with E-state index in [9.17, 15) is 19.7 Å². The first-order chi connectivity index (χ1) is 10.9. The van der Waals surface area contributed by atoms with E-state index < -0.39 is 10.9 Å². The van der Waals surface area contributed by atoms with Crippen LogP contribution in [0.5, 0.6) is 0 Å². The molecule has 7 heteroatoms. The van der Waals surface area contributed by atoms with Crippen LogP contribution in [0, 0.1) is 23.0 Å². The fourth-order valence-electron chi connectivity index (χ4n) is 2.71. The number of nitrogens with zero attached hydrogens (tertiary/aromatic N) is 2. The summed E-state index contributed by atoms with van der Waals surface area (Å²) in [7, 11) is 0. The van der Waals surface area contributed by atoms with E-state index in [0.717, 1.165) is 12.8 Å². The molecule has 1 aromatic carbocycles. The summed E-state index contributed by atoms with van der Waals surface area (Å²) in [5.41, 5.74) is 0.522. The standard InChI is InChI=1S/C16H20N2O5/c1-11-4-3-7-17(9-11)15(19)10-23-16(20)13-5-6-14(18(21)22)12(2)8-13/h5-6,8,11H,3-4,7,9-10H2,1-2H3/t11-/m1/s1. The number of amides is 1. The van der Waals surface area contributed by atoms with Crippen molar-refractivity contribution in [3.05, 3.63) is 39.4 Å². The second-order valence-electron chi connectivity index (χ2n) is 5.92. The number of nitro benzene ring substituents is 1. The highest BCUT2D eigenvalue weighted by Gasteiger charge is 2.22. The minimum absolute atomic E-state index is 0.0556. The molecule has 0 bridgehead atoms. The lowest BCUT2D eigenvalue weighted by Gasteiger charge is -2.30. The van der Waals surface area contributed by atoms with Crippen molar-refractivity contribution in [3.8, 4) is 0 Å². The van der Waals surface area contributed by atoms with Gasteiger partial charge in [-0.2, -0.15) is 0 Å². The first-order valence-corrected chi connectivity index (χ1v) is 7.58. The summed E-state index contributed by atoms with van der Waals surface area (Å²) in [6, 6.07) is 3.99. The second-order valence-corrected chi connectivity index (χ2v) is 5.92. The van der Waals surface area contributed by atoms with Gasteiger partial charge in [-0.3, -0.25) is 14.9 Å². The number of carbonyl (C=O) groups is 2. The smallest absolute Gasteiger partial charge is 0.338 e. The van der Waals surface area contributed by atoms with Crippen LogP contribution in [0.25, 0.3) is 0 Å². The molecule has 0 spiro atoms. The third-order valence-electron chi connectivity index (χ3n) is 3.97. The van der Waals surface area contributed by atoms with Gasteiger partial charge in [-0.1, -0.05) is 6.92 Å². The van der Waals surface area contributed by atoms with E-state index >= 15 is 0 Å². The fourth-order valence-corrected chi connectivity index (χ4v) is 2.71. The van der Waals surface area contributed by atoms with Gasteiger partial charge in [0.15, 0.2) is 6.61 Å². The SMILES string of the molecule is Cc1cc(C(=O)OCC(=O)N2CCC[C@@H](C)C2)ccc1[N+](=O)[O-]. The first kappa shape index (κ1) is 16.9. The van der Waals surface area contributed by atoms with Gasteiger partial charge in [-0.05, 0) is 37.8 Å². The van der Waals surface area contributed by atoms with Crippen LogP contribution in [0.15, 0.2) is 18.2 Å². The Bertz CT molecular complexity index is 629. The number of hydrogen-bond donors (Lipinski definition) is 0. The maximum absolute atomic E-state index is 12.0.